The zero-order valence-corrected chi connectivity index (χ0v) is 18.8. The second-order valence-electron chi connectivity index (χ2n) is 7.61. The van der Waals surface area contributed by atoms with E-state index in [-0.39, 0.29) is 11.9 Å². The predicted molar refractivity (Wildman–Crippen MR) is 119 cm³/mol. The summed E-state index contributed by atoms with van der Waals surface area (Å²) in [6.45, 7) is 4.33. The highest BCUT2D eigenvalue weighted by molar-refractivity contribution is 6.32. The lowest BCUT2D eigenvalue weighted by Gasteiger charge is -2.38. The van der Waals surface area contributed by atoms with Crippen molar-refractivity contribution < 1.29 is 9.32 Å². The third-order valence-corrected chi connectivity index (χ3v) is 6.47. The fourth-order valence-corrected chi connectivity index (χ4v) is 4.05. The van der Waals surface area contributed by atoms with Gasteiger partial charge in [-0.05, 0) is 49.6 Å². The number of likely N-dealkylation sites (tertiary alicyclic amines) is 1. The van der Waals surface area contributed by atoms with E-state index in [0.29, 0.717) is 39.6 Å². The van der Waals surface area contributed by atoms with Crippen LogP contribution in [0.1, 0.15) is 39.8 Å². The highest BCUT2D eigenvalue weighted by atomic mass is 35.5. The largest absolute Gasteiger partial charge is 0.337 e. The van der Waals surface area contributed by atoms with Gasteiger partial charge in [-0.2, -0.15) is 20.0 Å². The van der Waals surface area contributed by atoms with Gasteiger partial charge in [0.25, 0.3) is 5.91 Å². The number of aromatic nitrogens is 5. The minimum absolute atomic E-state index is 0.200. The Labute approximate surface area is 193 Å². The lowest BCUT2D eigenvalue weighted by atomic mass is 9.99. The topological polar surface area (TPSA) is 89.9 Å². The van der Waals surface area contributed by atoms with Crippen LogP contribution < -0.4 is 0 Å². The molecule has 2 aromatic carbocycles. The van der Waals surface area contributed by atoms with Gasteiger partial charge >= 0.3 is 0 Å². The van der Waals surface area contributed by atoms with E-state index in [1.54, 1.807) is 29.4 Å². The molecule has 10 heteroatoms. The van der Waals surface area contributed by atoms with Crippen LogP contribution in [-0.2, 0) is 0 Å². The first kappa shape index (κ1) is 20.7. The van der Waals surface area contributed by atoms with Crippen molar-refractivity contribution in [2.75, 3.05) is 6.54 Å². The third-order valence-electron chi connectivity index (χ3n) is 5.66. The van der Waals surface area contributed by atoms with Crippen LogP contribution in [0, 0.1) is 13.8 Å². The molecule has 0 bridgehead atoms. The Bertz CT molecular complexity index is 1320. The SMILES string of the molecule is Cc1cc(-n2nccn2)c(C(=O)N2CC[C@H]2c2nc(-c3cccc(Cl)c3C)no2)cc1Cl. The van der Waals surface area contributed by atoms with Gasteiger partial charge in [0, 0.05) is 22.2 Å². The number of hydrogen-bond donors (Lipinski definition) is 0. The molecule has 5 rings (SSSR count). The summed E-state index contributed by atoms with van der Waals surface area (Å²) in [4.78, 5) is 21.1. The van der Waals surface area contributed by atoms with E-state index in [1.807, 2.05) is 32.0 Å². The fraction of sp³-hybridized carbons (Fsp3) is 0.227. The number of halogens is 2. The number of aryl methyl sites for hydroxylation is 1. The minimum atomic E-state index is -0.318. The van der Waals surface area contributed by atoms with Crippen molar-refractivity contribution in [2.24, 2.45) is 0 Å². The van der Waals surface area contributed by atoms with Gasteiger partial charge in [-0.1, -0.05) is 40.5 Å². The molecule has 162 valence electrons. The first-order chi connectivity index (χ1) is 15.4. The molecule has 1 aliphatic heterocycles. The van der Waals surface area contributed by atoms with E-state index >= 15 is 0 Å². The van der Waals surface area contributed by atoms with Gasteiger partial charge in [0.1, 0.15) is 6.04 Å². The molecule has 2 aromatic heterocycles. The summed E-state index contributed by atoms with van der Waals surface area (Å²) in [5, 5.41) is 13.6. The van der Waals surface area contributed by atoms with E-state index in [1.165, 1.54) is 4.80 Å². The third kappa shape index (κ3) is 3.45. The standard InChI is InChI=1S/C22H18Cl2N6O2/c1-12-10-19(30-25-7-8-26-30)15(11-17(12)24)22(31)29-9-6-18(29)21-27-20(28-32-21)14-4-3-5-16(23)13(14)2/h3-5,7-8,10-11,18H,6,9H2,1-2H3/t18-/m0/s1. The number of carbonyl (C=O) groups excluding carboxylic acids is 1. The van der Waals surface area contributed by atoms with Crippen molar-refractivity contribution in [3.05, 3.63) is 75.4 Å². The average molecular weight is 469 g/mol. The van der Waals surface area contributed by atoms with Crippen molar-refractivity contribution in [3.63, 3.8) is 0 Å². The molecule has 0 unspecified atom stereocenters. The Morgan fingerprint density at radius 3 is 2.62 bits per heavy atom. The molecule has 8 nitrogen and oxygen atoms in total. The summed E-state index contributed by atoms with van der Waals surface area (Å²) in [6, 6.07) is 8.68. The zero-order chi connectivity index (χ0) is 22.4. The molecule has 32 heavy (non-hydrogen) atoms. The van der Waals surface area contributed by atoms with E-state index in [4.69, 9.17) is 27.7 Å². The molecule has 0 N–H and O–H groups in total. The first-order valence-corrected chi connectivity index (χ1v) is 10.8. The van der Waals surface area contributed by atoms with Crippen LogP contribution in [0.3, 0.4) is 0 Å². The Morgan fingerprint density at radius 2 is 1.91 bits per heavy atom. The summed E-state index contributed by atoms with van der Waals surface area (Å²) < 4.78 is 5.53. The van der Waals surface area contributed by atoms with Crippen LogP contribution >= 0.6 is 23.2 Å². The van der Waals surface area contributed by atoms with Crippen molar-refractivity contribution in [2.45, 2.75) is 26.3 Å². The second-order valence-corrected chi connectivity index (χ2v) is 8.42. The van der Waals surface area contributed by atoms with Gasteiger partial charge in [0.05, 0.1) is 23.6 Å². The molecule has 1 amide bonds. The molecule has 0 radical (unpaired) electrons. The van der Waals surface area contributed by atoms with E-state index < -0.39 is 0 Å². The van der Waals surface area contributed by atoms with E-state index in [0.717, 1.165) is 23.1 Å². The maximum absolute atomic E-state index is 13.5. The Balaban J connectivity index is 1.46. The van der Waals surface area contributed by atoms with Crippen LogP contribution in [0.2, 0.25) is 10.0 Å². The second kappa shape index (κ2) is 8.03. The molecule has 1 saturated heterocycles. The summed E-state index contributed by atoms with van der Waals surface area (Å²) in [6.07, 6.45) is 3.84. The summed E-state index contributed by atoms with van der Waals surface area (Å²) >= 11 is 12.6. The maximum atomic E-state index is 13.5. The fourth-order valence-electron chi connectivity index (χ4n) is 3.71. The summed E-state index contributed by atoms with van der Waals surface area (Å²) in [7, 11) is 0. The number of amides is 1. The number of benzene rings is 2. The molecule has 1 atom stereocenters. The van der Waals surface area contributed by atoms with Crippen molar-refractivity contribution >= 4 is 29.1 Å². The zero-order valence-electron chi connectivity index (χ0n) is 17.3. The normalized spacial score (nSPS) is 15.6. The average Bonchev–Trinajstić information content (AvgIpc) is 3.43. The lowest BCUT2D eigenvalue weighted by molar-refractivity contribution is 0.0378. The van der Waals surface area contributed by atoms with Gasteiger partial charge in [-0.25, -0.2) is 0 Å². The van der Waals surface area contributed by atoms with Crippen molar-refractivity contribution in [1.29, 1.82) is 0 Å². The smallest absolute Gasteiger partial charge is 0.256 e. The molecular formula is C22H18Cl2N6O2. The minimum Gasteiger partial charge on any atom is -0.337 e. The molecule has 1 aliphatic rings. The monoisotopic (exact) mass is 468 g/mol. The van der Waals surface area contributed by atoms with Gasteiger partial charge < -0.3 is 9.42 Å². The van der Waals surface area contributed by atoms with Gasteiger partial charge in [0.2, 0.25) is 11.7 Å². The predicted octanol–water partition coefficient (Wildman–Crippen LogP) is 4.83. The number of hydrogen-bond acceptors (Lipinski definition) is 6. The quantitative estimate of drug-likeness (QED) is 0.426. The van der Waals surface area contributed by atoms with Crippen LogP contribution in [0.5, 0.6) is 0 Å². The van der Waals surface area contributed by atoms with Crippen LogP contribution in [-0.4, -0.2) is 42.5 Å². The molecule has 0 aliphatic carbocycles. The van der Waals surface area contributed by atoms with Gasteiger partial charge in [0.15, 0.2) is 0 Å². The molecular weight excluding hydrogens is 451 g/mol. The van der Waals surface area contributed by atoms with Crippen LogP contribution in [0.15, 0.2) is 47.2 Å². The molecule has 0 saturated carbocycles. The summed E-state index contributed by atoms with van der Waals surface area (Å²) in [5.41, 5.74) is 3.46. The first-order valence-electron chi connectivity index (χ1n) is 10.0. The molecule has 3 heterocycles. The molecule has 1 fully saturated rings. The Hall–Kier alpha value is -3.23. The lowest BCUT2D eigenvalue weighted by Crippen LogP contribution is -2.45. The van der Waals surface area contributed by atoms with E-state index in [2.05, 4.69) is 20.3 Å². The molecule has 0 spiro atoms. The Morgan fingerprint density at radius 1 is 1.12 bits per heavy atom. The number of nitrogens with zero attached hydrogens (tertiary/aromatic N) is 6. The van der Waals surface area contributed by atoms with Crippen LogP contribution in [0.25, 0.3) is 17.1 Å². The summed E-state index contributed by atoms with van der Waals surface area (Å²) in [5.74, 6) is 0.629. The van der Waals surface area contributed by atoms with Gasteiger partial charge in [-0.15, -0.1) is 0 Å². The maximum Gasteiger partial charge on any atom is 0.256 e. The highest BCUT2D eigenvalue weighted by Crippen LogP contribution is 2.36. The molecule has 4 aromatic rings. The van der Waals surface area contributed by atoms with E-state index in [9.17, 15) is 4.79 Å². The van der Waals surface area contributed by atoms with Gasteiger partial charge in [-0.3, -0.25) is 4.79 Å². The number of rotatable bonds is 4. The van der Waals surface area contributed by atoms with Crippen LogP contribution in [0.4, 0.5) is 0 Å². The van der Waals surface area contributed by atoms with Crippen molar-refractivity contribution in [1.82, 2.24) is 30.0 Å². The number of carbonyl (C=O) groups is 1. The highest BCUT2D eigenvalue weighted by Gasteiger charge is 2.39. The Kier molecular flexibility index (Phi) is 5.19. The van der Waals surface area contributed by atoms with Crippen molar-refractivity contribution in [3.8, 4) is 17.1 Å².